The molecule has 1 saturated heterocycles. The predicted molar refractivity (Wildman–Crippen MR) is 57.5 cm³/mol. The Bertz CT molecular complexity index is 289. The number of hydrogen-bond acceptors (Lipinski definition) is 3. The summed E-state index contributed by atoms with van der Waals surface area (Å²) in [6.07, 6.45) is 5.52. The van der Waals surface area contributed by atoms with Crippen LogP contribution in [0.15, 0.2) is 0 Å². The number of aldehydes is 1. The van der Waals surface area contributed by atoms with Crippen LogP contribution in [0.25, 0.3) is 0 Å². The second-order valence-electron chi connectivity index (χ2n) is 4.81. The molecule has 0 radical (unpaired) electrons. The lowest BCUT2D eigenvalue weighted by molar-refractivity contribution is -0.139. The van der Waals surface area contributed by atoms with Gasteiger partial charge in [0, 0.05) is 25.3 Å². The zero-order chi connectivity index (χ0) is 11.5. The molecule has 0 bridgehead atoms. The zero-order valence-corrected chi connectivity index (χ0v) is 9.35. The first-order chi connectivity index (χ1) is 7.70. The highest BCUT2D eigenvalue weighted by molar-refractivity contribution is 6.01. The van der Waals surface area contributed by atoms with Crippen LogP contribution in [0.4, 0.5) is 0 Å². The quantitative estimate of drug-likeness (QED) is 0.532. The van der Waals surface area contributed by atoms with Crippen LogP contribution in [-0.4, -0.2) is 29.5 Å². The minimum Gasteiger partial charge on any atom is -0.303 e. The van der Waals surface area contributed by atoms with Gasteiger partial charge in [0.2, 0.25) is 11.8 Å². The summed E-state index contributed by atoms with van der Waals surface area (Å²) in [7, 11) is 0. The summed E-state index contributed by atoms with van der Waals surface area (Å²) in [6.45, 7) is 0.573. The van der Waals surface area contributed by atoms with Crippen LogP contribution in [0, 0.1) is 11.8 Å². The van der Waals surface area contributed by atoms with Crippen molar-refractivity contribution in [2.24, 2.45) is 11.8 Å². The molecular weight excluding hydrogens is 206 g/mol. The van der Waals surface area contributed by atoms with Crippen molar-refractivity contribution in [1.29, 1.82) is 0 Å². The summed E-state index contributed by atoms with van der Waals surface area (Å²) in [5, 5.41) is 0. The van der Waals surface area contributed by atoms with Crippen LogP contribution < -0.4 is 0 Å². The van der Waals surface area contributed by atoms with Crippen LogP contribution in [-0.2, 0) is 14.4 Å². The first-order valence-electron chi connectivity index (χ1n) is 5.99. The van der Waals surface area contributed by atoms with E-state index in [-0.39, 0.29) is 17.7 Å². The largest absolute Gasteiger partial charge is 0.303 e. The van der Waals surface area contributed by atoms with Crippen LogP contribution in [0.1, 0.15) is 38.5 Å². The second-order valence-corrected chi connectivity index (χ2v) is 4.81. The monoisotopic (exact) mass is 223 g/mol. The lowest BCUT2D eigenvalue weighted by Gasteiger charge is -2.28. The number of likely N-dealkylation sites (tertiary alicyclic amines) is 1. The Labute approximate surface area is 95.0 Å². The smallest absolute Gasteiger partial charge is 0.229 e. The number of hydrogen-bond donors (Lipinski definition) is 0. The topological polar surface area (TPSA) is 54.5 Å². The van der Waals surface area contributed by atoms with Crippen molar-refractivity contribution in [1.82, 2.24) is 4.90 Å². The van der Waals surface area contributed by atoms with E-state index in [9.17, 15) is 14.4 Å². The molecule has 1 saturated carbocycles. The third-order valence-corrected chi connectivity index (χ3v) is 3.68. The van der Waals surface area contributed by atoms with E-state index >= 15 is 0 Å². The molecular formula is C12H17NO3. The van der Waals surface area contributed by atoms with Gasteiger partial charge < -0.3 is 4.79 Å². The van der Waals surface area contributed by atoms with E-state index in [1.165, 1.54) is 4.90 Å². The highest BCUT2D eigenvalue weighted by Crippen LogP contribution is 2.29. The van der Waals surface area contributed by atoms with E-state index in [1.807, 2.05) is 0 Å². The molecule has 0 atom stereocenters. The average molecular weight is 223 g/mol. The third-order valence-electron chi connectivity index (χ3n) is 3.68. The Hall–Kier alpha value is -1.19. The number of amides is 2. The molecule has 4 nitrogen and oxygen atoms in total. The molecule has 1 aliphatic heterocycles. The number of imide groups is 1. The summed E-state index contributed by atoms with van der Waals surface area (Å²) in [4.78, 5) is 34.9. The van der Waals surface area contributed by atoms with Gasteiger partial charge in [-0.2, -0.15) is 0 Å². The van der Waals surface area contributed by atoms with Crippen molar-refractivity contribution in [3.63, 3.8) is 0 Å². The van der Waals surface area contributed by atoms with Crippen LogP contribution in [0.2, 0.25) is 0 Å². The molecule has 0 N–H and O–H groups in total. The van der Waals surface area contributed by atoms with Gasteiger partial charge in [0.25, 0.3) is 0 Å². The number of nitrogens with zero attached hydrogens (tertiary/aromatic N) is 1. The maximum atomic E-state index is 11.4. The van der Waals surface area contributed by atoms with Gasteiger partial charge >= 0.3 is 0 Å². The van der Waals surface area contributed by atoms with Crippen molar-refractivity contribution in [2.45, 2.75) is 38.5 Å². The van der Waals surface area contributed by atoms with Crippen molar-refractivity contribution in [3.05, 3.63) is 0 Å². The Balaban J connectivity index is 1.84. The summed E-state index contributed by atoms with van der Waals surface area (Å²) in [5.74, 6) is 0.549. The van der Waals surface area contributed by atoms with E-state index in [1.54, 1.807) is 0 Å². The van der Waals surface area contributed by atoms with Crippen molar-refractivity contribution in [2.75, 3.05) is 6.54 Å². The van der Waals surface area contributed by atoms with E-state index in [0.29, 0.717) is 25.3 Å². The van der Waals surface area contributed by atoms with Gasteiger partial charge in [0.15, 0.2) is 0 Å². The van der Waals surface area contributed by atoms with E-state index in [2.05, 4.69) is 0 Å². The Kier molecular flexibility index (Phi) is 3.36. The summed E-state index contributed by atoms with van der Waals surface area (Å²) in [5.41, 5.74) is 0. The van der Waals surface area contributed by atoms with Gasteiger partial charge in [-0.25, -0.2) is 0 Å². The molecule has 2 rings (SSSR count). The molecule has 0 spiro atoms. The highest BCUT2D eigenvalue weighted by atomic mass is 16.2. The van der Waals surface area contributed by atoms with Gasteiger partial charge in [-0.1, -0.05) is 0 Å². The molecule has 2 amide bonds. The maximum absolute atomic E-state index is 11.4. The standard InChI is InChI=1S/C12H17NO3/c14-8-10-3-1-9(2-4-10)7-13-11(15)5-6-12(13)16/h8-10H,1-7H2. The maximum Gasteiger partial charge on any atom is 0.229 e. The molecule has 88 valence electrons. The normalized spacial score (nSPS) is 30.9. The molecule has 1 aliphatic carbocycles. The van der Waals surface area contributed by atoms with Gasteiger partial charge in [-0.3, -0.25) is 14.5 Å². The second kappa shape index (κ2) is 4.76. The molecule has 4 heteroatoms. The molecule has 2 aliphatic rings. The summed E-state index contributed by atoms with van der Waals surface area (Å²) < 4.78 is 0. The Morgan fingerprint density at radius 1 is 1.06 bits per heavy atom. The molecule has 0 unspecified atom stereocenters. The molecule has 1 heterocycles. The predicted octanol–water partition coefficient (Wildman–Crippen LogP) is 1.14. The molecule has 0 aromatic rings. The lowest BCUT2D eigenvalue weighted by Crippen LogP contribution is -2.35. The van der Waals surface area contributed by atoms with Crippen LogP contribution in [0.3, 0.4) is 0 Å². The fraction of sp³-hybridized carbons (Fsp3) is 0.750. The zero-order valence-electron chi connectivity index (χ0n) is 9.35. The number of carbonyl (C=O) groups excluding carboxylic acids is 3. The minimum atomic E-state index is -0.0255. The Morgan fingerprint density at radius 3 is 2.12 bits per heavy atom. The third kappa shape index (κ3) is 2.31. The first kappa shape index (κ1) is 11.3. The Morgan fingerprint density at radius 2 is 1.62 bits per heavy atom. The van der Waals surface area contributed by atoms with Gasteiger partial charge in [0.1, 0.15) is 6.29 Å². The van der Waals surface area contributed by atoms with E-state index in [0.717, 1.165) is 32.0 Å². The SMILES string of the molecule is O=CC1CCC(CN2C(=O)CCC2=O)CC1. The van der Waals surface area contributed by atoms with Gasteiger partial charge in [-0.15, -0.1) is 0 Å². The van der Waals surface area contributed by atoms with Crippen LogP contribution >= 0.6 is 0 Å². The van der Waals surface area contributed by atoms with Gasteiger partial charge in [0.05, 0.1) is 0 Å². The highest BCUT2D eigenvalue weighted by Gasteiger charge is 2.32. The van der Waals surface area contributed by atoms with Crippen LogP contribution in [0.5, 0.6) is 0 Å². The van der Waals surface area contributed by atoms with Gasteiger partial charge in [-0.05, 0) is 31.6 Å². The molecule has 16 heavy (non-hydrogen) atoms. The van der Waals surface area contributed by atoms with Crippen molar-refractivity contribution >= 4 is 18.1 Å². The summed E-state index contributed by atoms with van der Waals surface area (Å²) >= 11 is 0. The number of rotatable bonds is 3. The van der Waals surface area contributed by atoms with Crippen molar-refractivity contribution < 1.29 is 14.4 Å². The fourth-order valence-corrected chi connectivity index (χ4v) is 2.59. The van der Waals surface area contributed by atoms with Crippen molar-refractivity contribution in [3.8, 4) is 0 Å². The average Bonchev–Trinajstić information content (AvgIpc) is 2.62. The first-order valence-corrected chi connectivity index (χ1v) is 5.99. The molecule has 2 fully saturated rings. The summed E-state index contributed by atoms with van der Waals surface area (Å²) in [6, 6.07) is 0. The molecule has 0 aromatic carbocycles. The fourth-order valence-electron chi connectivity index (χ4n) is 2.59. The number of carbonyl (C=O) groups is 3. The minimum absolute atomic E-state index is 0.0255. The lowest BCUT2D eigenvalue weighted by atomic mass is 9.82. The van der Waals surface area contributed by atoms with E-state index < -0.39 is 0 Å². The van der Waals surface area contributed by atoms with E-state index in [4.69, 9.17) is 0 Å². The molecule has 0 aromatic heterocycles.